The molecule has 0 aliphatic carbocycles. The summed E-state index contributed by atoms with van der Waals surface area (Å²) in [7, 11) is 0. The number of likely N-dealkylation sites (tertiary alicyclic amines) is 1. The van der Waals surface area contributed by atoms with Crippen molar-refractivity contribution in [1.29, 1.82) is 0 Å². The number of piperidine rings is 1. The summed E-state index contributed by atoms with van der Waals surface area (Å²) >= 11 is 0. The molecule has 1 aliphatic rings. The predicted octanol–water partition coefficient (Wildman–Crippen LogP) is 1.97. The van der Waals surface area contributed by atoms with Crippen molar-refractivity contribution < 1.29 is 19.1 Å². The number of carbonyl (C=O) groups is 2. The highest BCUT2D eigenvalue weighted by atomic mass is 16.6. The largest absolute Gasteiger partial charge is 0.463 e. The summed E-state index contributed by atoms with van der Waals surface area (Å²) in [5.41, 5.74) is 1.04. The highest BCUT2D eigenvalue weighted by molar-refractivity contribution is 5.83. The molecule has 5 nitrogen and oxygen atoms in total. The van der Waals surface area contributed by atoms with Gasteiger partial charge in [0.2, 0.25) is 0 Å². The zero-order valence-electron chi connectivity index (χ0n) is 11.3. The summed E-state index contributed by atoms with van der Waals surface area (Å²) in [6.45, 7) is 7.51. The van der Waals surface area contributed by atoms with Gasteiger partial charge < -0.3 is 14.4 Å². The molecular weight excluding hydrogens is 234 g/mol. The number of ether oxygens (including phenoxy) is 2. The molecule has 0 aromatic carbocycles. The topological polar surface area (TPSA) is 55.8 Å². The van der Waals surface area contributed by atoms with Crippen LogP contribution in [0.3, 0.4) is 0 Å². The molecule has 0 saturated carbocycles. The second-order valence-electron chi connectivity index (χ2n) is 4.27. The van der Waals surface area contributed by atoms with E-state index in [0.717, 1.165) is 5.57 Å². The van der Waals surface area contributed by atoms with E-state index >= 15 is 0 Å². The first-order valence-corrected chi connectivity index (χ1v) is 6.37. The van der Waals surface area contributed by atoms with Crippen molar-refractivity contribution in [2.24, 2.45) is 5.92 Å². The number of esters is 1. The fourth-order valence-corrected chi connectivity index (χ4v) is 1.98. The van der Waals surface area contributed by atoms with Gasteiger partial charge in [-0.15, -0.1) is 0 Å². The minimum atomic E-state index is -0.302. The van der Waals surface area contributed by atoms with Gasteiger partial charge in [-0.05, 0) is 26.2 Å². The fraction of sp³-hybridized carbons (Fsp3) is 0.692. The van der Waals surface area contributed by atoms with Crippen LogP contribution in [0.15, 0.2) is 11.6 Å². The van der Waals surface area contributed by atoms with E-state index in [1.165, 1.54) is 0 Å². The van der Waals surface area contributed by atoms with Crippen molar-refractivity contribution in [2.45, 2.75) is 27.2 Å². The number of amides is 1. The standard InChI is InChI=1S/C13H21NO4/c1-4-17-12(15)8-11-6-7-14(9-10(11)3)13(16)18-5-2/h8,10H,4-7,9H2,1-3H3/b11-8+. The van der Waals surface area contributed by atoms with Gasteiger partial charge in [-0.25, -0.2) is 9.59 Å². The number of nitrogens with zero attached hydrogens (tertiary/aromatic N) is 1. The first-order valence-electron chi connectivity index (χ1n) is 6.37. The third-order valence-corrected chi connectivity index (χ3v) is 2.91. The lowest BCUT2D eigenvalue weighted by Crippen LogP contribution is -2.40. The Kier molecular flexibility index (Phi) is 5.68. The average molecular weight is 255 g/mol. The Hall–Kier alpha value is -1.52. The van der Waals surface area contributed by atoms with Crippen molar-refractivity contribution >= 4 is 12.1 Å². The Bertz CT molecular complexity index is 338. The highest BCUT2D eigenvalue weighted by Gasteiger charge is 2.25. The summed E-state index contributed by atoms with van der Waals surface area (Å²) in [4.78, 5) is 24.6. The number of carbonyl (C=O) groups excluding carboxylic acids is 2. The first-order chi connectivity index (χ1) is 8.58. The molecule has 1 rings (SSSR count). The molecule has 5 heteroatoms. The number of rotatable bonds is 3. The minimum absolute atomic E-state index is 0.160. The van der Waals surface area contributed by atoms with Crippen LogP contribution in [0.1, 0.15) is 27.2 Å². The second-order valence-corrected chi connectivity index (χ2v) is 4.27. The zero-order chi connectivity index (χ0) is 13.5. The van der Waals surface area contributed by atoms with Gasteiger partial charge in [0.05, 0.1) is 13.2 Å². The van der Waals surface area contributed by atoms with E-state index < -0.39 is 0 Å². The van der Waals surface area contributed by atoms with Crippen LogP contribution in [0.2, 0.25) is 0 Å². The molecule has 18 heavy (non-hydrogen) atoms. The Labute approximate surface area is 108 Å². The zero-order valence-corrected chi connectivity index (χ0v) is 11.3. The third-order valence-electron chi connectivity index (χ3n) is 2.91. The number of hydrogen-bond acceptors (Lipinski definition) is 4. The van der Waals surface area contributed by atoms with Crippen LogP contribution in [0.5, 0.6) is 0 Å². The van der Waals surface area contributed by atoms with Gasteiger partial charge in [0.1, 0.15) is 0 Å². The molecule has 0 aromatic heterocycles. The summed E-state index contributed by atoms with van der Waals surface area (Å²) in [6.07, 6.45) is 1.97. The molecule has 1 saturated heterocycles. The van der Waals surface area contributed by atoms with E-state index in [9.17, 15) is 9.59 Å². The van der Waals surface area contributed by atoms with Gasteiger partial charge >= 0.3 is 12.1 Å². The van der Waals surface area contributed by atoms with E-state index in [1.807, 2.05) is 6.92 Å². The van der Waals surface area contributed by atoms with Crippen molar-refractivity contribution in [3.63, 3.8) is 0 Å². The van der Waals surface area contributed by atoms with Crippen molar-refractivity contribution in [3.05, 3.63) is 11.6 Å². The molecule has 0 N–H and O–H groups in total. The molecule has 1 atom stereocenters. The van der Waals surface area contributed by atoms with Crippen LogP contribution >= 0.6 is 0 Å². The van der Waals surface area contributed by atoms with Crippen LogP contribution in [-0.4, -0.2) is 43.3 Å². The number of hydrogen-bond donors (Lipinski definition) is 0. The third kappa shape index (κ3) is 4.05. The quantitative estimate of drug-likeness (QED) is 0.571. The lowest BCUT2D eigenvalue weighted by atomic mass is 9.93. The average Bonchev–Trinajstić information content (AvgIpc) is 2.32. The lowest BCUT2D eigenvalue weighted by Gasteiger charge is -2.32. The molecule has 0 aromatic rings. The monoisotopic (exact) mass is 255 g/mol. The van der Waals surface area contributed by atoms with E-state index in [4.69, 9.17) is 9.47 Å². The molecular formula is C13H21NO4. The first kappa shape index (κ1) is 14.5. The molecule has 102 valence electrons. The smallest absolute Gasteiger partial charge is 0.409 e. The Balaban J connectivity index is 2.56. The molecule has 1 heterocycles. The maximum absolute atomic E-state index is 11.6. The Morgan fingerprint density at radius 1 is 1.33 bits per heavy atom. The van der Waals surface area contributed by atoms with E-state index in [-0.39, 0.29) is 18.0 Å². The van der Waals surface area contributed by atoms with Gasteiger partial charge in [0.15, 0.2) is 0 Å². The molecule has 0 bridgehead atoms. The molecule has 1 aliphatic heterocycles. The SMILES string of the molecule is CCOC(=O)/C=C1\CCN(C(=O)OCC)CC1C. The van der Waals surface area contributed by atoms with Crippen molar-refractivity contribution in [3.8, 4) is 0 Å². The maximum Gasteiger partial charge on any atom is 0.409 e. The van der Waals surface area contributed by atoms with E-state index in [0.29, 0.717) is 32.7 Å². The van der Waals surface area contributed by atoms with Gasteiger partial charge in [-0.1, -0.05) is 12.5 Å². The van der Waals surface area contributed by atoms with Gasteiger partial charge in [-0.2, -0.15) is 0 Å². The molecule has 0 radical (unpaired) electrons. The molecule has 1 amide bonds. The minimum Gasteiger partial charge on any atom is -0.463 e. The summed E-state index contributed by atoms with van der Waals surface area (Å²) in [6, 6.07) is 0. The Morgan fingerprint density at radius 2 is 2.00 bits per heavy atom. The highest BCUT2D eigenvalue weighted by Crippen LogP contribution is 2.22. The van der Waals surface area contributed by atoms with Crippen molar-refractivity contribution in [2.75, 3.05) is 26.3 Å². The van der Waals surface area contributed by atoms with Crippen LogP contribution in [0.4, 0.5) is 4.79 Å². The van der Waals surface area contributed by atoms with Gasteiger partial charge in [0.25, 0.3) is 0 Å². The molecule has 1 unspecified atom stereocenters. The normalized spacial score (nSPS) is 21.8. The van der Waals surface area contributed by atoms with Crippen LogP contribution in [0, 0.1) is 5.92 Å². The molecule has 0 spiro atoms. The molecule has 1 fully saturated rings. The summed E-state index contributed by atoms with van der Waals surface area (Å²) < 4.78 is 9.85. The lowest BCUT2D eigenvalue weighted by molar-refractivity contribution is -0.137. The van der Waals surface area contributed by atoms with E-state index in [2.05, 4.69) is 0 Å². The van der Waals surface area contributed by atoms with Gasteiger partial charge in [-0.3, -0.25) is 0 Å². The maximum atomic E-state index is 11.6. The van der Waals surface area contributed by atoms with Gasteiger partial charge in [0, 0.05) is 19.2 Å². The second kappa shape index (κ2) is 7.03. The Morgan fingerprint density at radius 3 is 2.56 bits per heavy atom. The summed E-state index contributed by atoms with van der Waals surface area (Å²) in [5.74, 6) is -0.142. The van der Waals surface area contributed by atoms with Crippen LogP contribution < -0.4 is 0 Å². The predicted molar refractivity (Wildman–Crippen MR) is 67.1 cm³/mol. The van der Waals surface area contributed by atoms with Crippen LogP contribution in [0.25, 0.3) is 0 Å². The van der Waals surface area contributed by atoms with E-state index in [1.54, 1.807) is 24.8 Å². The fourth-order valence-electron chi connectivity index (χ4n) is 1.98. The summed E-state index contributed by atoms with van der Waals surface area (Å²) in [5, 5.41) is 0. The van der Waals surface area contributed by atoms with Crippen LogP contribution in [-0.2, 0) is 14.3 Å². The van der Waals surface area contributed by atoms with Crippen molar-refractivity contribution in [1.82, 2.24) is 4.90 Å².